The zero-order chi connectivity index (χ0) is 21.1. The molecule has 2 aromatic carbocycles. The third-order valence-electron chi connectivity index (χ3n) is 4.62. The first kappa shape index (κ1) is 20.0. The number of hydrogen-bond donors (Lipinski definition) is 2. The van der Waals surface area contributed by atoms with Crippen molar-refractivity contribution in [3.63, 3.8) is 0 Å². The SMILES string of the molecule is Cc1ccc(-c2nnco2)cc1NC(=O)C=Cc1ccc(S(=O)(=O)NC2CC2)cc1. The van der Waals surface area contributed by atoms with Gasteiger partial charge in [0.15, 0.2) is 0 Å². The number of carbonyl (C=O) groups excluding carboxylic acids is 1. The summed E-state index contributed by atoms with van der Waals surface area (Å²) in [5.41, 5.74) is 2.94. The fraction of sp³-hybridized carbons (Fsp3) is 0.190. The minimum atomic E-state index is -3.48. The molecule has 0 spiro atoms. The van der Waals surface area contributed by atoms with Crippen LogP contribution in [0, 0.1) is 6.92 Å². The largest absolute Gasteiger partial charge is 0.423 e. The van der Waals surface area contributed by atoms with E-state index in [0.717, 1.165) is 18.4 Å². The summed E-state index contributed by atoms with van der Waals surface area (Å²) in [6.07, 6.45) is 6.02. The molecular formula is C21H20N4O4S. The van der Waals surface area contributed by atoms with Crippen molar-refractivity contribution in [3.05, 3.63) is 66.1 Å². The number of sulfonamides is 1. The van der Waals surface area contributed by atoms with Crippen LogP contribution in [-0.2, 0) is 14.8 Å². The van der Waals surface area contributed by atoms with E-state index in [1.54, 1.807) is 24.3 Å². The third kappa shape index (κ3) is 4.81. The predicted molar refractivity (Wildman–Crippen MR) is 112 cm³/mol. The van der Waals surface area contributed by atoms with E-state index >= 15 is 0 Å². The van der Waals surface area contributed by atoms with Gasteiger partial charge in [0.25, 0.3) is 0 Å². The van der Waals surface area contributed by atoms with Gasteiger partial charge in [0, 0.05) is 23.4 Å². The zero-order valence-corrected chi connectivity index (χ0v) is 17.0. The van der Waals surface area contributed by atoms with Crippen molar-refractivity contribution < 1.29 is 17.6 Å². The molecule has 154 valence electrons. The Morgan fingerprint density at radius 3 is 2.60 bits per heavy atom. The number of carbonyl (C=O) groups is 1. The normalized spacial score (nSPS) is 14.2. The lowest BCUT2D eigenvalue weighted by Gasteiger charge is -2.08. The molecular weight excluding hydrogens is 404 g/mol. The fourth-order valence-corrected chi connectivity index (χ4v) is 4.09. The Kier molecular flexibility index (Phi) is 5.47. The maximum atomic E-state index is 12.3. The highest BCUT2D eigenvalue weighted by atomic mass is 32.2. The number of rotatable bonds is 7. The summed E-state index contributed by atoms with van der Waals surface area (Å²) in [6.45, 7) is 1.88. The molecule has 3 aromatic rings. The Hall–Kier alpha value is -3.30. The number of hydrogen-bond acceptors (Lipinski definition) is 6. The molecule has 0 bridgehead atoms. The van der Waals surface area contributed by atoms with Gasteiger partial charge in [-0.1, -0.05) is 18.2 Å². The van der Waals surface area contributed by atoms with Gasteiger partial charge in [0.1, 0.15) is 0 Å². The predicted octanol–water partition coefficient (Wildman–Crippen LogP) is 3.14. The van der Waals surface area contributed by atoms with Crippen LogP contribution in [0.2, 0.25) is 0 Å². The lowest BCUT2D eigenvalue weighted by molar-refractivity contribution is -0.111. The molecule has 1 fully saturated rings. The molecule has 1 amide bonds. The first-order valence-corrected chi connectivity index (χ1v) is 10.9. The van der Waals surface area contributed by atoms with Crippen LogP contribution in [-0.4, -0.2) is 30.6 Å². The summed E-state index contributed by atoms with van der Waals surface area (Å²) in [5.74, 6) is 0.0557. The average molecular weight is 424 g/mol. The van der Waals surface area contributed by atoms with Crippen molar-refractivity contribution in [1.82, 2.24) is 14.9 Å². The van der Waals surface area contributed by atoms with Crippen LogP contribution in [0.1, 0.15) is 24.0 Å². The monoisotopic (exact) mass is 424 g/mol. The standard InChI is InChI=1S/C21H20N4O4S/c1-14-2-6-16(21-24-22-13-29-21)12-19(14)23-20(26)11-5-15-3-9-18(10-4-15)30(27,28)25-17-7-8-17/h2-6,9-13,17,25H,7-8H2,1H3,(H,23,26). The first-order valence-electron chi connectivity index (χ1n) is 9.39. The molecule has 0 saturated heterocycles. The van der Waals surface area contributed by atoms with Gasteiger partial charge in [0.05, 0.1) is 4.90 Å². The summed E-state index contributed by atoms with van der Waals surface area (Å²) < 4.78 is 32.2. The maximum absolute atomic E-state index is 12.3. The Balaban J connectivity index is 1.42. The second-order valence-electron chi connectivity index (χ2n) is 7.06. The maximum Gasteiger partial charge on any atom is 0.248 e. The van der Waals surface area contributed by atoms with Crippen LogP contribution in [0.15, 0.2) is 64.2 Å². The van der Waals surface area contributed by atoms with Gasteiger partial charge < -0.3 is 9.73 Å². The fourth-order valence-electron chi connectivity index (χ4n) is 2.78. The third-order valence-corrected chi connectivity index (χ3v) is 6.16. The van der Waals surface area contributed by atoms with Crippen molar-refractivity contribution in [2.24, 2.45) is 0 Å². The van der Waals surface area contributed by atoms with Gasteiger partial charge in [0.2, 0.25) is 28.2 Å². The lowest BCUT2D eigenvalue weighted by atomic mass is 10.1. The van der Waals surface area contributed by atoms with Crippen molar-refractivity contribution in [2.45, 2.75) is 30.7 Å². The second kappa shape index (κ2) is 8.21. The highest BCUT2D eigenvalue weighted by molar-refractivity contribution is 7.89. The Bertz CT molecular complexity index is 1180. The topological polar surface area (TPSA) is 114 Å². The molecule has 1 aliphatic carbocycles. The van der Waals surface area contributed by atoms with Crippen molar-refractivity contribution in [1.29, 1.82) is 0 Å². The molecule has 1 heterocycles. The average Bonchev–Trinajstić information content (AvgIpc) is 3.35. The molecule has 2 N–H and O–H groups in total. The van der Waals surface area contributed by atoms with Crippen molar-refractivity contribution >= 4 is 27.7 Å². The van der Waals surface area contributed by atoms with Gasteiger partial charge in [-0.25, -0.2) is 13.1 Å². The highest BCUT2D eigenvalue weighted by Crippen LogP contribution is 2.24. The molecule has 30 heavy (non-hydrogen) atoms. The van der Waals surface area contributed by atoms with E-state index in [2.05, 4.69) is 20.2 Å². The number of aryl methyl sites for hydroxylation is 1. The van der Waals surface area contributed by atoms with Gasteiger partial charge in [-0.3, -0.25) is 4.79 Å². The number of amides is 1. The highest BCUT2D eigenvalue weighted by Gasteiger charge is 2.27. The molecule has 4 rings (SSSR count). The van der Waals surface area contributed by atoms with E-state index in [1.165, 1.54) is 24.6 Å². The molecule has 8 nitrogen and oxygen atoms in total. The smallest absolute Gasteiger partial charge is 0.248 e. The van der Waals surface area contributed by atoms with Crippen molar-refractivity contribution in [2.75, 3.05) is 5.32 Å². The van der Waals surface area contributed by atoms with Gasteiger partial charge in [-0.15, -0.1) is 10.2 Å². The van der Waals surface area contributed by atoms with Crippen LogP contribution in [0.25, 0.3) is 17.5 Å². The van der Waals surface area contributed by atoms with E-state index in [0.29, 0.717) is 22.7 Å². The van der Waals surface area contributed by atoms with Gasteiger partial charge in [-0.05, 0) is 61.2 Å². The summed E-state index contributed by atoms with van der Waals surface area (Å²) in [7, 11) is -3.48. The summed E-state index contributed by atoms with van der Waals surface area (Å²) in [4.78, 5) is 12.5. The number of nitrogens with zero attached hydrogens (tertiary/aromatic N) is 2. The van der Waals surface area contributed by atoms with Crippen molar-refractivity contribution in [3.8, 4) is 11.5 Å². The number of benzene rings is 2. The van der Waals surface area contributed by atoms with Gasteiger partial charge >= 0.3 is 0 Å². The van der Waals surface area contributed by atoms with Crippen LogP contribution in [0.3, 0.4) is 0 Å². The molecule has 1 aliphatic rings. The molecule has 0 atom stereocenters. The Labute approximate surface area is 174 Å². The van der Waals surface area contributed by atoms with Crippen LogP contribution in [0.4, 0.5) is 5.69 Å². The van der Waals surface area contributed by atoms with E-state index in [-0.39, 0.29) is 16.8 Å². The quantitative estimate of drug-likeness (QED) is 0.563. The van der Waals surface area contributed by atoms with E-state index in [1.807, 2.05) is 19.1 Å². The molecule has 0 radical (unpaired) electrons. The zero-order valence-electron chi connectivity index (χ0n) is 16.2. The minimum Gasteiger partial charge on any atom is -0.423 e. The van der Waals surface area contributed by atoms with E-state index in [9.17, 15) is 13.2 Å². The molecule has 9 heteroatoms. The molecule has 1 aromatic heterocycles. The number of anilines is 1. The lowest BCUT2D eigenvalue weighted by Crippen LogP contribution is -2.25. The van der Waals surface area contributed by atoms with Crippen LogP contribution >= 0.6 is 0 Å². The van der Waals surface area contributed by atoms with Crippen LogP contribution < -0.4 is 10.0 Å². The minimum absolute atomic E-state index is 0.0556. The number of nitrogens with one attached hydrogen (secondary N) is 2. The van der Waals surface area contributed by atoms with Crippen LogP contribution in [0.5, 0.6) is 0 Å². The van der Waals surface area contributed by atoms with Gasteiger partial charge in [-0.2, -0.15) is 0 Å². The first-order chi connectivity index (χ1) is 14.4. The summed E-state index contributed by atoms with van der Waals surface area (Å²) >= 11 is 0. The molecule has 1 saturated carbocycles. The summed E-state index contributed by atoms with van der Waals surface area (Å²) in [6, 6.07) is 11.9. The Morgan fingerprint density at radius 1 is 1.17 bits per heavy atom. The molecule has 0 aliphatic heterocycles. The van der Waals surface area contributed by atoms with E-state index < -0.39 is 10.0 Å². The summed E-state index contributed by atoms with van der Waals surface area (Å²) in [5, 5.41) is 10.3. The second-order valence-corrected chi connectivity index (χ2v) is 8.77. The van der Waals surface area contributed by atoms with E-state index in [4.69, 9.17) is 4.42 Å². The molecule has 0 unspecified atom stereocenters. The number of aromatic nitrogens is 2. The Morgan fingerprint density at radius 2 is 1.93 bits per heavy atom.